The number of rotatable bonds is 2. The first kappa shape index (κ1) is 16.1. The summed E-state index contributed by atoms with van der Waals surface area (Å²) >= 11 is 3.19. The first-order valence-corrected chi connectivity index (χ1v) is 7.43. The van der Waals surface area contributed by atoms with Crippen LogP contribution in [0.15, 0.2) is 22.7 Å². The van der Waals surface area contributed by atoms with Crippen molar-refractivity contribution in [2.75, 3.05) is 0 Å². The van der Waals surface area contributed by atoms with Gasteiger partial charge in [0, 0.05) is 10.5 Å². The molecule has 0 heterocycles. The van der Waals surface area contributed by atoms with Crippen LogP contribution < -0.4 is 5.32 Å². The van der Waals surface area contributed by atoms with E-state index < -0.39 is 24.0 Å². The topological polar surface area (TPSA) is 49.3 Å². The van der Waals surface area contributed by atoms with Gasteiger partial charge < -0.3 is 10.4 Å². The molecule has 116 valence electrons. The highest BCUT2D eigenvalue weighted by atomic mass is 79.9. The van der Waals surface area contributed by atoms with Gasteiger partial charge in [0.15, 0.2) is 0 Å². The number of hydrogen-bond donors (Lipinski definition) is 2. The van der Waals surface area contributed by atoms with Crippen molar-refractivity contribution in [3.63, 3.8) is 0 Å². The number of phenolic OH excluding ortho intramolecular Hbond substituents is 1. The van der Waals surface area contributed by atoms with E-state index >= 15 is 0 Å². The smallest absolute Gasteiger partial charge is 0.391 e. The van der Waals surface area contributed by atoms with Crippen LogP contribution in [0.25, 0.3) is 0 Å². The minimum Gasteiger partial charge on any atom is -0.507 e. The Labute approximate surface area is 128 Å². The molecule has 0 aromatic heterocycles. The molecule has 3 nitrogen and oxygen atoms in total. The average Bonchev–Trinajstić information content (AvgIpc) is 2.41. The zero-order chi connectivity index (χ0) is 15.6. The van der Waals surface area contributed by atoms with Crippen LogP contribution in [0, 0.1) is 5.92 Å². The summed E-state index contributed by atoms with van der Waals surface area (Å²) in [6.45, 7) is 0. The Kier molecular flexibility index (Phi) is 4.81. The molecule has 0 bridgehead atoms. The van der Waals surface area contributed by atoms with Gasteiger partial charge in [0.1, 0.15) is 5.75 Å². The van der Waals surface area contributed by atoms with Crippen LogP contribution in [-0.2, 0) is 0 Å². The number of nitrogens with one attached hydrogen (secondary N) is 1. The predicted molar refractivity (Wildman–Crippen MR) is 75.1 cm³/mol. The second-order valence-electron chi connectivity index (χ2n) is 5.24. The lowest BCUT2D eigenvalue weighted by Crippen LogP contribution is -2.41. The molecular formula is C14H15BrF3NO2. The largest absolute Gasteiger partial charge is 0.507 e. The van der Waals surface area contributed by atoms with Gasteiger partial charge in [-0.2, -0.15) is 13.2 Å². The molecule has 0 radical (unpaired) electrons. The number of aromatic hydroxyl groups is 1. The molecule has 7 heteroatoms. The van der Waals surface area contributed by atoms with Crippen LogP contribution in [0.3, 0.4) is 0 Å². The van der Waals surface area contributed by atoms with E-state index in [1.165, 1.54) is 12.1 Å². The van der Waals surface area contributed by atoms with Gasteiger partial charge in [0.25, 0.3) is 5.91 Å². The zero-order valence-electron chi connectivity index (χ0n) is 11.1. The van der Waals surface area contributed by atoms with Crippen LogP contribution in [0.2, 0.25) is 0 Å². The molecule has 21 heavy (non-hydrogen) atoms. The highest BCUT2D eigenvalue weighted by Gasteiger charge is 2.42. The van der Waals surface area contributed by atoms with Gasteiger partial charge >= 0.3 is 6.18 Å². The summed E-state index contributed by atoms with van der Waals surface area (Å²) in [6.07, 6.45) is -3.27. The van der Waals surface area contributed by atoms with E-state index in [4.69, 9.17) is 0 Å². The first-order chi connectivity index (χ1) is 9.77. The monoisotopic (exact) mass is 365 g/mol. The van der Waals surface area contributed by atoms with E-state index in [1.54, 1.807) is 6.07 Å². The van der Waals surface area contributed by atoms with E-state index in [9.17, 15) is 23.1 Å². The van der Waals surface area contributed by atoms with Gasteiger partial charge in [-0.1, -0.05) is 22.4 Å². The summed E-state index contributed by atoms with van der Waals surface area (Å²) in [4.78, 5) is 12.1. The van der Waals surface area contributed by atoms with Crippen molar-refractivity contribution in [1.82, 2.24) is 5.32 Å². The summed E-state index contributed by atoms with van der Waals surface area (Å²) in [5.41, 5.74) is 0.0542. The number of amides is 1. The minimum absolute atomic E-state index is 0.0542. The molecule has 2 N–H and O–H groups in total. The molecular weight excluding hydrogens is 351 g/mol. The normalized spacial score (nSPS) is 22.9. The Hall–Kier alpha value is -1.24. The maximum atomic E-state index is 12.7. The van der Waals surface area contributed by atoms with Crippen molar-refractivity contribution in [3.8, 4) is 5.75 Å². The molecule has 0 saturated heterocycles. The third-order valence-electron chi connectivity index (χ3n) is 3.68. The third kappa shape index (κ3) is 4.12. The maximum Gasteiger partial charge on any atom is 0.391 e. The summed E-state index contributed by atoms with van der Waals surface area (Å²) in [5.74, 6) is -2.12. The SMILES string of the molecule is O=C(NC1CCCC(C(F)(F)F)C1)c1cc(Br)ccc1O. The predicted octanol–water partition coefficient (Wildman–Crippen LogP) is 4.01. The molecule has 1 aromatic rings. The number of phenols is 1. The second-order valence-corrected chi connectivity index (χ2v) is 6.15. The highest BCUT2D eigenvalue weighted by Crippen LogP contribution is 2.37. The third-order valence-corrected chi connectivity index (χ3v) is 4.17. The van der Waals surface area contributed by atoms with Crippen molar-refractivity contribution < 1.29 is 23.1 Å². The number of alkyl halides is 3. The van der Waals surface area contributed by atoms with Crippen molar-refractivity contribution in [1.29, 1.82) is 0 Å². The van der Waals surface area contributed by atoms with E-state index in [0.717, 1.165) is 0 Å². The summed E-state index contributed by atoms with van der Waals surface area (Å²) in [7, 11) is 0. The number of carbonyl (C=O) groups excluding carboxylic acids is 1. The molecule has 1 saturated carbocycles. The van der Waals surface area contributed by atoms with Gasteiger partial charge in [0.05, 0.1) is 11.5 Å². The average molecular weight is 366 g/mol. The standard InChI is InChI=1S/C14H15BrF3NO2/c15-9-4-5-12(20)11(7-9)13(21)19-10-3-1-2-8(6-10)14(16,17)18/h4-5,7-8,10,20H,1-3,6H2,(H,19,21). The summed E-state index contributed by atoms with van der Waals surface area (Å²) < 4.78 is 38.8. The van der Waals surface area contributed by atoms with Crippen LogP contribution in [0.5, 0.6) is 5.75 Å². The fraction of sp³-hybridized carbons (Fsp3) is 0.500. The lowest BCUT2D eigenvalue weighted by molar-refractivity contribution is -0.183. The number of halogens is 4. The highest BCUT2D eigenvalue weighted by molar-refractivity contribution is 9.10. The van der Waals surface area contributed by atoms with E-state index in [0.29, 0.717) is 17.3 Å². The van der Waals surface area contributed by atoms with Crippen LogP contribution >= 0.6 is 15.9 Å². The van der Waals surface area contributed by atoms with Crippen molar-refractivity contribution in [3.05, 3.63) is 28.2 Å². The van der Waals surface area contributed by atoms with Crippen LogP contribution in [0.4, 0.5) is 13.2 Å². The maximum absolute atomic E-state index is 12.7. The molecule has 0 aliphatic heterocycles. The molecule has 2 rings (SSSR count). The second kappa shape index (κ2) is 6.25. The molecule has 1 fully saturated rings. The Morgan fingerprint density at radius 2 is 2.05 bits per heavy atom. The van der Waals surface area contributed by atoms with E-state index in [1.807, 2.05) is 0 Å². The molecule has 1 aliphatic rings. The van der Waals surface area contributed by atoms with Crippen molar-refractivity contribution in [2.24, 2.45) is 5.92 Å². The number of carbonyl (C=O) groups is 1. The Bertz CT molecular complexity index is 533. The van der Waals surface area contributed by atoms with Crippen LogP contribution in [-0.4, -0.2) is 23.2 Å². The molecule has 1 amide bonds. The molecule has 2 atom stereocenters. The van der Waals surface area contributed by atoms with Gasteiger partial charge in [-0.25, -0.2) is 0 Å². The number of benzene rings is 1. The van der Waals surface area contributed by atoms with E-state index in [-0.39, 0.29) is 24.2 Å². The summed E-state index contributed by atoms with van der Waals surface area (Å²) in [5, 5.41) is 12.2. The molecule has 1 aromatic carbocycles. The van der Waals surface area contributed by atoms with Gasteiger partial charge in [-0.3, -0.25) is 4.79 Å². The Balaban J connectivity index is 2.04. The summed E-state index contributed by atoms with van der Waals surface area (Å²) in [6, 6.07) is 3.86. The molecule has 1 aliphatic carbocycles. The molecule has 2 unspecified atom stereocenters. The lowest BCUT2D eigenvalue weighted by Gasteiger charge is -2.31. The van der Waals surface area contributed by atoms with E-state index in [2.05, 4.69) is 21.2 Å². The quantitative estimate of drug-likeness (QED) is 0.831. The van der Waals surface area contributed by atoms with Crippen molar-refractivity contribution in [2.45, 2.75) is 37.9 Å². The van der Waals surface area contributed by atoms with Gasteiger partial charge in [-0.05, 0) is 37.5 Å². The minimum atomic E-state index is -4.22. The van der Waals surface area contributed by atoms with Gasteiger partial charge in [-0.15, -0.1) is 0 Å². The zero-order valence-corrected chi connectivity index (χ0v) is 12.7. The van der Waals surface area contributed by atoms with Crippen molar-refractivity contribution >= 4 is 21.8 Å². The fourth-order valence-electron chi connectivity index (χ4n) is 2.57. The first-order valence-electron chi connectivity index (χ1n) is 6.63. The fourth-order valence-corrected chi connectivity index (χ4v) is 2.93. The lowest BCUT2D eigenvalue weighted by atomic mass is 9.85. The van der Waals surface area contributed by atoms with Gasteiger partial charge in [0.2, 0.25) is 0 Å². The van der Waals surface area contributed by atoms with Crippen LogP contribution in [0.1, 0.15) is 36.0 Å². The Morgan fingerprint density at radius 1 is 1.33 bits per heavy atom. The molecule has 0 spiro atoms. The Morgan fingerprint density at radius 3 is 2.71 bits per heavy atom. The number of hydrogen-bond acceptors (Lipinski definition) is 2.